The first-order chi connectivity index (χ1) is 6.22. The summed E-state index contributed by atoms with van der Waals surface area (Å²) in [5, 5.41) is 2.81. The zero-order chi connectivity index (χ0) is 9.68. The fraction of sp³-hybridized carbons (Fsp3) is 0.125. The molecule has 1 amide bonds. The fourth-order valence-electron chi connectivity index (χ4n) is 0.696. The number of rotatable bonds is 2. The lowest BCUT2D eigenvalue weighted by atomic mass is 10.5. The largest absolute Gasteiger partial charge is 0.306 e. The average molecular weight is 198 g/mol. The lowest BCUT2D eigenvalue weighted by molar-refractivity contribution is -0.111. The third kappa shape index (κ3) is 3.21. The molecule has 1 N–H and O–H groups in total. The summed E-state index contributed by atoms with van der Waals surface area (Å²) >= 11 is 5.51. The van der Waals surface area contributed by atoms with E-state index in [1.54, 1.807) is 13.0 Å². The molecular weight excluding hydrogens is 190 g/mol. The fourth-order valence-corrected chi connectivity index (χ4v) is 0.794. The number of carbonyl (C=O) groups is 1. The summed E-state index contributed by atoms with van der Waals surface area (Å²) in [6.07, 6.45) is 5.80. The van der Waals surface area contributed by atoms with E-state index in [4.69, 9.17) is 11.6 Å². The SMILES string of the molecule is C/C=C/C(=O)Nc1cnc(Cl)cn1. The standard InChI is InChI=1S/C8H8ClN3O/c1-2-3-8(13)12-7-5-10-6(9)4-11-7/h2-5H,1H3,(H,11,12,13)/b3-2+. The normalized spacial score (nSPS) is 10.3. The van der Waals surface area contributed by atoms with Gasteiger partial charge >= 0.3 is 0 Å². The van der Waals surface area contributed by atoms with Gasteiger partial charge in [0.15, 0.2) is 5.82 Å². The molecule has 1 rings (SSSR count). The quantitative estimate of drug-likeness (QED) is 0.734. The Morgan fingerprint density at radius 3 is 2.85 bits per heavy atom. The molecule has 1 aromatic heterocycles. The summed E-state index contributed by atoms with van der Waals surface area (Å²) in [6.45, 7) is 1.76. The third-order valence-electron chi connectivity index (χ3n) is 1.19. The van der Waals surface area contributed by atoms with E-state index in [0.717, 1.165) is 0 Å². The van der Waals surface area contributed by atoms with Gasteiger partial charge in [-0.05, 0) is 13.0 Å². The molecule has 0 aliphatic carbocycles. The Morgan fingerprint density at radius 2 is 2.31 bits per heavy atom. The zero-order valence-corrected chi connectivity index (χ0v) is 7.75. The molecule has 0 aliphatic rings. The predicted molar refractivity (Wildman–Crippen MR) is 50.5 cm³/mol. The maximum atomic E-state index is 11.0. The summed E-state index contributed by atoms with van der Waals surface area (Å²) in [7, 11) is 0. The molecule has 0 unspecified atom stereocenters. The minimum atomic E-state index is -0.237. The van der Waals surface area contributed by atoms with Crippen molar-refractivity contribution in [2.24, 2.45) is 0 Å². The van der Waals surface area contributed by atoms with Crippen molar-refractivity contribution >= 4 is 23.3 Å². The van der Waals surface area contributed by atoms with E-state index in [1.165, 1.54) is 18.5 Å². The second-order valence-electron chi connectivity index (χ2n) is 2.21. The van der Waals surface area contributed by atoms with Crippen molar-refractivity contribution < 1.29 is 4.79 Å². The van der Waals surface area contributed by atoms with Gasteiger partial charge in [0, 0.05) is 0 Å². The lowest BCUT2D eigenvalue weighted by Gasteiger charge is -1.98. The number of halogens is 1. The molecule has 0 saturated heterocycles. The molecule has 5 heteroatoms. The van der Waals surface area contributed by atoms with E-state index >= 15 is 0 Å². The molecule has 0 radical (unpaired) electrons. The minimum Gasteiger partial charge on any atom is -0.306 e. The maximum Gasteiger partial charge on any atom is 0.249 e. The van der Waals surface area contributed by atoms with E-state index in [2.05, 4.69) is 15.3 Å². The van der Waals surface area contributed by atoms with E-state index in [1.807, 2.05) is 0 Å². The molecular formula is C8H8ClN3O. The van der Waals surface area contributed by atoms with Gasteiger partial charge in [0.2, 0.25) is 5.91 Å². The Kier molecular flexibility index (Phi) is 3.40. The van der Waals surface area contributed by atoms with Crippen LogP contribution >= 0.6 is 11.6 Å². The van der Waals surface area contributed by atoms with Crippen LogP contribution in [0.25, 0.3) is 0 Å². The van der Waals surface area contributed by atoms with Gasteiger partial charge < -0.3 is 5.32 Å². The van der Waals surface area contributed by atoms with Crippen LogP contribution in [0.1, 0.15) is 6.92 Å². The van der Waals surface area contributed by atoms with Crippen molar-refractivity contribution in [3.05, 3.63) is 29.7 Å². The highest BCUT2D eigenvalue weighted by Crippen LogP contribution is 2.04. The van der Waals surface area contributed by atoms with E-state index in [0.29, 0.717) is 11.0 Å². The van der Waals surface area contributed by atoms with Crippen molar-refractivity contribution in [2.45, 2.75) is 6.92 Å². The number of nitrogens with one attached hydrogen (secondary N) is 1. The second-order valence-corrected chi connectivity index (χ2v) is 2.60. The van der Waals surface area contributed by atoms with Gasteiger partial charge in [-0.15, -0.1) is 0 Å². The highest BCUT2D eigenvalue weighted by Gasteiger charge is 1.98. The molecule has 0 spiro atoms. The Balaban J connectivity index is 2.64. The van der Waals surface area contributed by atoms with Crippen LogP contribution in [-0.2, 0) is 4.79 Å². The molecule has 68 valence electrons. The van der Waals surface area contributed by atoms with Crippen molar-refractivity contribution in [3.8, 4) is 0 Å². The van der Waals surface area contributed by atoms with Crippen LogP contribution in [0.5, 0.6) is 0 Å². The van der Waals surface area contributed by atoms with Crippen molar-refractivity contribution in [2.75, 3.05) is 5.32 Å². The van der Waals surface area contributed by atoms with Crippen LogP contribution in [0.4, 0.5) is 5.82 Å². The zero-order valence-electron chi connectivity index (χ0n) is 6.99. The number of hydrogen-bond acceptors (Lipinski definition) is 3. The van der Waals surface area contributed by atoms with Gasteiger partial charge in [-0.25, -0.2) is 9.97 Å². The molecule has 1 heterocycles. The second kappa shape index (κ2) is 4.57. The number of hydrogen-bond donors (Lipinski definition) is 1. The van der Waals surface area contributed by atoms with Crippen LogP contribution in [0.3, 0.4) is 0 Å². The van der Waals surface area contributed by atoms with Crippen molar-refractivity contribution in [1.82, 2.24) is 9.97 Å². The Bertz CT molecular complexity index is 321. The molecule has 13 heavy (non-hydrogen) atoms. The average Bonchev–Trinajstić information content (AvgIpc) is 2.09. The number of carbonyl (C=O) groups excluding carboxylic acids is 1. The first kappa shape index (κ1) is 9.67. The van der Waals surface area contributed by atoms with Gasteiger partial charge in [0.25, 0.3) is 0 Å². The van der Waals surface area contributed by atoms with E-state index in [9.17, 15) is 4.79 Å². The molecule has 0 bridgehead atoms. The molecule has 1 aromatic rings. The van der Waals surface area contributed by atoms with E-state index < -0.39 is 0 Å². The third-order valence-corrected chi connectivity index (χ3v) is 1.38. The van der Waals surface area contributed by atoms with Gasteiger partial charge in [0.05, 0.1) is 12.4 Å². The number of nitrogens with zero attached hydrogens (tertiary/aromatic N) is 2. The molecule has 0 fully saturated rings. The van der Waals surface area contributed by atoms with Crippen molar-refractivity contribution in [1.29, 1.82) is 0 Å². The minimum absolute atomic E-state index is 0.237. The van der Waals surface area contributed by atoms with Crippen LogP contribution < -0.4 is 5.32 Å². The van der Waals surface area contributed by atoms with Gasteiger partial charge in [-0.3, -0.25) is 4.79 Å². The number of amides is 1. The molecule has 4 nitrogen and oxygen atoms in total. The lowest BCUT2D eigenvalue weighted by Crippen LogP contribution is -2.09. The van der Waals surface area contributed by atoms with Crippen LogP contribution in [0, 0.1) is 0 Å². The molecule has 0 aliphatic heterocycles. The first-order valence-corrected chi connectivity index (χ1v) is 4.01. The highest BCUT2D eigenvalue weighted by molar-refractivity contribution is 6.29. The number of allylic oxidation sites excluding steroid dienone is 1. The Morgan fingerprint density at radius 1 is 1.54 bits per heavy atom. The summed E-state index contributed by atoms with van der Waals surface area (Å²) in [6, 6.07) is 0. The van der Waals surface area contributed by atoms with Crippen molar-refractivity contribution in [3.63, 3.8) is 0 Å². The van der Waals surface area contributed by atoms with Gasteiger partial charge in [0.1, 0.15) is 5.15 Å². The highest BCUT2D eigenvalue weighted by atomic mass is 35.5. The number of anilines is 1. The Labute approximate surface area is 80.7 Å². The molecule has 0 saturated carbocycles. The maximum absolute atomic E-state index is 11.0. The smallest absolute Gasteiger partial charge is 0.249 e. The van der Waals surface area contributed by atoms with Crippen LogP contribution in [0.2, 0.25) is 5.15 Å². The Hall–Kier alpha value is -1.42. The van der Waals surface area contributed by atoms with Gasteiger partial charge in [-0.1, -0.05) is 17.7 Å². The monoisotopic (exact) mass is 197 g/mol. The summed E-state index contributed by atoms with van der Waals surface area (Å²) in [5.41, 5.74) is 0. The topological polar surface area (TPSA) is 54.9 Å². The first-order valence-electron chi connectivity index (χ1n) is 3.63. The molecule has 0 atom stereocenters. The molecule has 0 aromatic carbocycles. The van der Waals surface area contributed by atoms with Gasteiger partial charge in [-0.2, -0.15) is 0 Å². The van der Waals surface area contributed by atoms with Crippen LogP contribution in [0.15, 0.2) is 24.5 Å². The predicted octanol–water partition coefficient (Wildman–Crippen LogP) is 1.64. The van der Waals surface area contributed by atoms with Crippen LogP contribution in [-0.4, -0.2) is 15.9 Å². The van der Waals surface area contributed by atoms with E-state index in [-0.39, 0.29) is 5.91 Å². The summed E-state index contributed by atoms with van der Waals surface area (Å²) < 4.78 is 0. The summed E-state index contributed by atoms with van der Waals surface area (Å²) in [4.78, 5) is 18.6. The number of aromatic nitrogens is 2. The summed E-state index contributed by atoms with van der Waals surface area (Å²) in [5.74, 6) is 0.145.